The van der Waals surface area contributed by atoms with E-state index in [1.54, 1.807) is 6.08 Å². The van der Waals surface area contributed by atoms with Gasteiger partial charge < -0.3 is 4.74 Å². The topological polar surface area (TPSA) is 60.4 Å². The van der Waals surface area contributed by atoms with E-state index in [-0.39, 0.29) is 57.8 Å². The molecule has 0 spiro atoms. The SMILES string of the molecule is C=CCOC(=O)[C@@]1(C)CC[C@]2(C)CCC3C(=CC(=O)[C@H]4[C@@]3(C)CCC3C(C)(C)C(=O)CC[C@@]34C)[C@H]2C1. The fraction of sp³-hybridized carbons (Fsp3) is 0.781. The zero-order chi connectivity index (χ0) is 26.3. The molecule has 5 aliphatic carbocycles. The van der Waals surface area contributed by atoms with E-state index in [0.717, 1.165) is 51.4 Å². The zero-order valence-electron chi connectivity index (χ0n) is 23.4. The second-order valence-electron chi connectivity index (χ2n) is 14.7. The van der Waals surface area contributed by atoms with Gasteiger partial charge in [-0.15, -0.1) is 0 Å². The van der Waals surface area contributed by atoms with Crippen molar-refractivity contribution in [2.24, 2.45) is 50.7 Å². The molecule has 4 fully saturated rings. The molecule has 2 unspecified atom stereocenters. The number of Topliss-reactive ketones (excluding diaryl/α,β-unsaturated/α-hetero) is 1. The van der Waals surface area contributed by atoms with E-state index in [1.807, 2.05) is 6.08 Å². The Kier molecular flexibility index (Phi) is 5.86. The zero-order valence-corrected chi connectivity index (χ0v) is 23.4. The Morgan fingerprint density at radius 2 is 1.69 bits per heavy atom. The molecule has 0 N–H and O–H groups in total. The van der Waals surface area contributed by atoms with E-state index in [1.165, 1.54) is 5.57 Å². The molecule has 198 valence electrons. The summed E-state index contributed by atoms with van der Waals surface area (Å²) in [6, 6.07) is 0. The number of allylic oxidation sites excluding steroid dienone is 2. The molecule has 0 amide bonds. The molecule has 36 heavy (non-hydrogen) atoms. The number of carbonyl (C=O) groups is 3. The summed E-state index contributed by atoms with van der Waals surface area (Å²) in [5.41, 5.74) is 0.351. The van der Waals surface area contributed by atoms with Crippen molar-refractivity contribution in [3.8, 4) is 0 Å². The van der Waals surface area contributed by atoms with Crippen LogP contribution in [0, 0.1) is 50.7 Å². The predicted octanol–water partition coefficient (Wildman–Crippen LogP) is 6.88. The Morgan fingerprint density at radius 3 is 2.39 bits per heavy atom. The molecule has 8 atom stereocenters. The van der Waals surface area contributed by atoms with E-state index < -0.39 is 5.41 Å². The molecule has 0 aromatic carbocycles. The fourth-order valence-electron chi connectivity index (χ4n) is 10.2. The second kappa shape index (κ2) is 8.14. The van der Waals surface area contributed by atoms with Crippen molar-refractivity contribution in [2.75, 3.05) is 6.61 Å². The van der Waals surface area contributed by atoms with E-state index in [0.29, 0.717) is 18.1 Å². The van der Waals surface area contributed by atoms with Gasteiger partial charge in [0.15, 0.2) is 5.78 Å². The molecule has 5 rings (SSSR count). The summed E-state index contributed by atoms with van der Waals surface area (Å²) in [6.45, 7) is 17.3. The van der Waals surface area contributed by atoms with Crippen LogP contribution in [0.1, 0.15) is 99.3 Å². The summed E-state index contributed by atoms with van der Waals surface area (Å²) < 4.78 is 5.54. The Morgan fingerprint density at radius 1 is 0.972 bits per heavy atom. The first-order valence-electron chi connectivity index (χ1n) is 14.3. The lowest BCUT2D eigenvalue weighted by Gasteiger charge is -2.66. The summed E-state index contributed by atoms with van der Waals surface area (Å²) in [5.74, 6) is 1.38. The monoisotopic (exact) mass is 494 g/mol. The van der Waals surface area contributed by atoms with Crippen molar-refractivity contribution >= 4 is 17.5 Å². The quantitative estimate of drug-likeness (QED) is 0.317. The standard InChI is InChI=1S/C32H46O4/c1-8-17-36-27(35)30(5)16-15-29(4)12-9-21-20(22(29)19-30)18-23(33)26-31(21,6)13-10-24-28(2,3)25(34)11-14-32(24,26)7/h8,18,21-22,24,26H,1,9-17,19H2,2-7H3/t21?,22-,24?,26+,29+,30+,31+,32+/m1/s1. The van der Waals surface area contributed by atoms with Crippen molar-refractivity contribution in [3.63, 3.8) is 0 Å². The molecule has 4 saturated carbocycles. The minimum Gasteiger partial charge on any atom is -0.461 e. The maximum atomic E-state index is 14.2. The van der Waals surface area contributed by atoms with E-state index in [9.17, 15) is 14.4 Å². The van der Waals surface area contributed by atoms with Gasteiger partial charge >= 0.3 is 5.97 Å². The molecular weight excluding hydrogens is 448 g/mol. The van der Waals surface area contributed by atoms with Crippen LogP contribution >= 0.6 is 0 Å². The summed E-state index contributed by atoms with van der Waals surface area (Å²) in [5, 5.41) is 0. The highest BCUT2D eigenvalue weighted by molar-refractivity contribution is 5.96. The third-order valence-corrected chi connectivity index (χ3v) is 12.3. The lowest BCUT2D eigenvalue weighted by molar-refractivity contribution is -0.176. The van der Waals surface area contributed by atoms with Crippen LogP contribution < -0.4 is 0 Å². The number of carbonyl (C=O) groups excluding carboxylic acids is 3. The van der Waals surface area contributed by atoms with E-state index >= 15 is 0 Å². The van der Waals surface area contributed by atoms with Crippen molar-refractivity contribution in [1.82, 2.24) is 0 Å². The highest BCUT2D eigenvalue weighted by atomic mass is 16.5. The average Bonchev–Trinajstić information content (AvgIpc) is 2.80. The van der Waals surface area contributed by atoms with Gasteiger partial charge in [-0.2, -0.15) is 0 Å². The Bertz CT molecular complexity index is 1040. The van der Waals surface area contributed by atoms with Gasteiger partial charge in [-0.3, -0.25) is 14.4 Å². The largest absolute Gasteiger partial charge is 0.461 e. The van der Waals surface area contributed by atoms with Gasteiger partial charge in [0.25, 0.3) is 0 Å². The van der Waals surface area contributed by atoms with Crippen LogP contribution in [0.5, 0.6) is 0 Å². The molecule has 0 bridgehead atoms. The molecule has 0 aromatic heterocycles. The second-order valence-corrected chi connectivity index (χ2v) is 14.7. The molecule has 4 nitrogen and oxygen atoms in total. The first kappa shape index (κ1) is 25.9. The van der Waals surface area contributed by atoms with Gasteiger partial charge in [0.1, 0.15) is 12.4 Å². The Balaban J connectivity index is 1.53. The molecule has 5 aliphatic rings. The third kappa shape index (κ3) is 3.41. The summed E-state index contributed by atoms with van der Waals surface area (Å²) in [6.07, 6.45) is 12.0. The van der Waals surface area contributed by atoms with Crippen LogP contribution in [0.3, 0.4) is 0 Å². The number of esters is 1. The van der Waals surface area contributed by atoms with Crippen LogP contribution in [0.2, 0.25) is 0 Å². The van der Waals surface area contributed by atoms with Gasteiger partial charge in [-0.05, 0) is 98.4 Å². The van der Waals surface area contributed by atoms with E-state index in [2.05, 4.69) is 48.1 Å². The third-order valence-electron chi connectivity index (χ3n) is 12.3. The van der Waals surface area contributed by atoms with Gasteiger partial charge in [0, 0.05) is 17.8 Å². The maximum Gasteiger partial charge on any atom is 0.312 e. The minimum absolute atomic E-state index is 0.0261. The van der Waals surface area contributed by atoms with Crippen molar-refractivity contribution in [1.29, 1.82) is 0 Å². The molecule has 0 radical (unpaired) electrons. The first-order valence-corrected chi connectivity index (χ1v) is 14.3. The van der Waals surface area contributed by atoms with Crippen molar-refractivity contribution in [2.45, 2.75) is 99.3 Å². The highest BCUT2D eigenvalue weighted by Gasteiger charge is 2.67. The fourth-order valence-corrected chi connectivity index (χ4v) is 10.2. The molecule has 4 heteroatoms. The number of rotatable bonds is 3. The molecule has 0 saturated heterocycles. The summed E-state index contributed by atoms with van der Waals surface area (Å²) >= 11 is 0. The number of ketones is 2. The lowest BCUT2D eigenvalue weighted by atomic mass is 9.37. The van der Waals surface area contributed by atoms with Gasteiger partial charge in [0.05, 0.1) is 5.41 Å². The summed E-state index contributed by atoms with van der Waals surface area (Å²) in [7, 11) is 0. The minimum atomic E-state index is -0.520. The van der Waals surface area contributed by atoms with Crippen LogP contribution in [-0.4, -0.2) is 24.1 Å². The Labute approximate surface area is 217 Å². The predicted molar refractivity (Wildman–Crippen MR) is 141 cm³/mol. The van der Waals surface area contributed by atoms with Crippen molar-refractivity contribution < 1.29 is 19.1 Å². The number of ether oxygens (including phenoxy) is 1. The molecule has 0 heterocycles. The van der Waals surface area contributed by atoms with Crippen LogP contribution in [0.25, 0.3) is 0 Å². The van der Waals surface area contributed by atoms with Gasteiger partial charge in [-0.25, -0.2) is 0 Å². The van der Waals surface area contributed by atoms with Crippen LogP contribution in [0.4, 0.5) is 0 Å². The van der Waals surface area contributed by atoms with Gasteiger partial charge in [-0.1, -0.05) is 52.8 Å². The summed E-state index contributed by atoms with van der Waals surface area (Å²) in [4.78, 5) is 40.2. The number of hydrogen-bond acceptors (Lipinski definition) is 4. The molecule has 0 aromatic rings. The van der Waals surface area contributed by atoms with Crippen LogP contribution in [-0.2, 0) is 19.1 Å². The first-order chi connectivity index (χ1) is 16.7. The lowest BCUT2D eigenvalue weighted by Crippen LogP contribution is -2.63. The maximum absolute atomic E-state index is 14.2. The number of hydrogen-bond donors (Lipinski definition) is 0. The average molecular weight is 495 g/mol. The molecule has 0 aliphatic heterocycles. The van der Waals surface area contributed by atoms with Gasteiger partial charge in [0.2, 0.25) is 0 Å². The molecular formula is C32H46O4. The highest BCUT2D eigenvalue weighted by Crippen LogP contribution is 2.71. The number of fused-ring (bicyclic) bond motifs is 7. The normalized spacial score (nSPS) is 47.4. The Hall–Kier alpha value is -1.71. The van der Waals surface area contributed by atoms with E-state index in [4.69, 9.17) is 4.74 Å². The van der Waals surface area contributed by atoms with Crippen LogP contribution in [0.15, 0.2) is 24.3 Å². The smallest absolute Gasteiger partial charge is 0.312 e. The van der Waals surface area contributed by atoms with Crippen molar-refractivity contribution in [3.05, 3.63) is 24.3 Å².